The van der Waals surface area contributed by atoms with Gasteiger partial charge in [-0.3, -0.25) is 0 Å². The van der Waals surface area contributed by atoms with Crippen LogP contribution in [0.25, 0.3) is 22.1 Å². The van der Waals surface area contributed by atoms with Crippen LogP contribution in [0.4, 0.5) is 8.78 Å². The normalized spacial score (nSPS) is 11.3. The standard InChI is InChI=1S/C14H10F2N2/c1-7-3-9(15)13-11(5-7)17-14-10(16)4-8(2)6-12(14)18-13/h3-6H,1-2H3. The van der Waals surface area contributed by atoms with Gasteiger partial charge in [-0.05, 0) is 49.2 Å². The molecule has 90 valence electrons. The zero-order valence-electron chi connectivity index (χ0n) is 9.96. The molecule has 1 aromatic heterocycles. The van der Waals surface area contributed by atoms with Crippen LogP contribution in [-0.4, -0.2) is 9.97 Å². The molecule has 1 heterocycles. The summed E-state index contributed by atoms with van der Waals surface area (Å²) in [5.74, 6) is -0.859. The molecule has 0 unspecified atom stereocenters. The second-order valence-electron chi connectivity index (χ2n) is 4.45. The maximum absolute atomic E-state index is 13.8. The van der Waals surface area contributed by atoms with E-state index in [4.69, 9.17) is 0 Å². The summed E-state index contributed by atoms with van der Waals surface area (Å²) in [7, 11) is 0. The average Bonchev–Trinajstić information content (AvgIpc) is 2.27. The molecule has 4 heteroatoms. The molecule has 0 aliphatic heterocycles. The Labute approximate surface area is 102 Å². The highest BCUT2D eigenvalue weighted by atomic mass is 19.1. The lowest BCUT2D eigenvalue weighted by atomic mass is 10.1. The summed E-state index contributed by atoms with van der Waals surface area (Å²) in [5, 5.41) is 0. The van der Waals surface area contributed by atoms with Crippen LogP contribution in [0, 0.1) is 25.5 Å². The van der Waals surface area contributed by atoms with Crippen LogP contribution < -0.4 is 0 Å². The highest BCUT2D eigenvalue weighted by Gasteiger charge is 2.10. The zero-order valence-corrected chi connectivity index (χ0v) is 9.96. The lowest BCUT2D eigenvalue weighted by Crippen LogP contribution is -1.94. The quantitative estimate of drug-likeness (QED) is 0.564. The first kappa shape index (κ1) is 11.0. The molecule has 0 radical (unpaired) electrons. The van der Waals surface area contributed by atoms with E-state index in [0.29, 0.717) is 11.0 Å². The molecule has 18 heavy (non-hydrogen) atoms. The average molecular weight is 244 g/mol. The van der Waals surface area contributed by atoms with Gasteiger partial charge in [0.2, 0.25) is 0 Å². The predicted octanol–water partition coefficient (Wildman–Crippen LogP) is 3.68. The molecule has 2 aromatic carbocycles. The Morgan fingerprint density at radius 3 is 1.50 bits per heavy atom. The van der Waals surface area contributed by atoms with Gasteiger partial charge in [0.25, 0.3) is 0 Å². The minimum atomic E-state index is -0.429. The first-order valence-electron chi connectivity index (χ1n) is 5.58. The highest BCUT2D eigenvalue weighted by molar-refractivity contribution is 5.87. The summed E-state index contributed by atoms with van der Waals surface area (Å²) < 4.78 is 27.6. The van der Waals surface area contributed by atoms with Crippen LogP contribution in [0.3, 0.4) is 0 Å². The number of hydrogen-bond acceptors (Lipinski definition) is 2. The Balaban J connectivity index is 2.51. The molecule has 0 bridgehead atoms. The van der Waals surface area contributed by atoms with Gasteiger partial charge in [-0.2, -0.15) is 0 Å². The van der Waals surface area contributed by atoms with Gasteiger partial charge < -0.3 is 0 Å². The summed E-state index contributed by atoms with van der Waals surface area (Å²) in [6.45, 7) is 3.53. The molecule has 0 spiro atoms. The second kappa shape index (κ2) is 3.70. The van der Waals surface area contributed by atoms with E-state index in [-0.39, 0.29) is 11.0 Å². The maximum Gasteiger partial charge on any atom is 0.151 e. The summed E-state index contributed by atoms with van der Waals surface area (Å²) in [6.07, 6.45) is 0. The third-order valence-corrected chi connectivity index (χ3v) is 2.84. The fourth-order valence-corrected chi connectivity index (χ4v) is 2.07. The second-order valence-corrected chi connectivity index (χ2v) is 4.45. The van der Waals surface area contributed by atoms with Crippen molar-refractivity contribution in [3.63, 3.8) is 0 Å². The van der Waals surface area contributed by atoms with E-state index in [9.17, 15) is 8.78 Å². The zero-order chi connectivity index (χ0) is 12.9. The smallest absolute Gasteiger partial charge is 0.151 e. The van der Waals surface area contributed by atoms with Gasteiger partial charge in [0, 0.05) is 0 Å². The topological polar surface area (TPSA) is 25.8 Å². The fraction of sp³-hybridized carbons (Fsp3) is 0.143. The van der Waals surface area contributed by atoms with Crippen LogP contribution in [-0.2, 0) is 0 Å². The van der Waals surface area contributed by atoms with E-state index in [0.717, 1.165) is 11.1 Å². The molecule has 0 aliphatic carbocycles. The minimum Gasteiger partial charge on any atom is -0.241 e. The molecular formula is C14H10F2N2. The molecule has 0 N–H and O–H groups in total. The van der Waals surface area contributed by atoms with Crippen LogP contribution in [0.15, 0.2) is 24.3 Å². The van der Waals surface area contributed by atoms with Crippen molar-refractivity contribution >= 4 is 22.1 Å². The number of hydrogen-bond donors (Lipinski definition) is 0. The van der Waals surface area contributed by atoms with E-state index in [1.54, 1.807) is 26.0 Å². The number of nitrogens with zero attached hydrogens (tertiary/aromatic N) is 2. The van der Waals surface area contributed by atoms with Gasteiger partial charge in [-0.25, -0.2) is 18.7 Å². The Morgan fingerprint density at radius 2 is 1.11 bits per heavy atom. The molecule has 3 rings (SSSR count). The van der Waals surface area contributed by atoms with Crippen molar-refractivity contribution in [2.75, 3.05) is 0 Å². The molecule has 0 amide bonds. The van der Waals surface area contributed by atoms with E-state index >= 15 is 0 Å². The van der Waals surface area contributed by atoms with E-state index < -0.39 is 11.6 Å². The number of benzene rings is 2. The van der Waals surface area contributed by atoms with Crippen LogP contribution in [0.1, 0.15) is 11.1 Å². The third-order valence-electron chi connectivity index (χ3n) is 2.84. The minimum absolute atomic E-state index is 0.179. The van der Waals surface area contributed by atoms with E-state index in [1.165, 1.54) is 12.1 Å². The summed E-state index contributed by atoms with van der Waals surface area (Å²) >= 11 is 0. The molecule has 0 aliphatic rings. The van der Waals surface area contributed by atoms with Gasteiger partial charge in [0.1, 0.15) is 11.0 Å². The lowest BCUT2D eigenvalue weighted by molar-refractivity contribution is 0.632. The van der Waals surface area contributed by atoms with Crippen molar-refractivity contribution in [2.24, 2.45) is 0 Å². The van der Waals surface area contributed by atoms with Crippen molar-refractivity contribution < 1.29 is 8.78 Å². The van der Waals surface area contributed by atoms with Crippen molar-refractivity contribution in [1.82, 2.24) is 9.97 Å². The molecule has 0 atom stereocenters. The molecular weight excluding hydrogens is 234 g/mol. The Bertz CT molecular complexity index is 714. The SMILES string of the molecule is Cc1cc(F)c2nc3cc(C)cc(F)c3nc2c1. The van der Waals surface area contributed by atoms with E-state index in [1.807, 2.05) is 0 Å². The monoisotopic (exact) mass is 244 g/mol. The van der Waals surface area contributed by atoms with Gasteiger partial charge in [-0.1, -0.05) is 0 Å². The first-order valence-corrected chi connectivity index (χ1v) is 5.58. The van der Waals surface area contributed by atoms with E-state index in [2.05, 4.69) is 9.97 Å². The van der Waals surface area contributed by atoms with Gasteiger partial charge in [0.15, 0.2) is 11.6 Å². The number of rotatable bonds is 0. The van der Waals surface area contributed by atoms with Crippen molar-refractivity contribution in [2.45, 2.75) is 13.8 Å². The number of aryl methyl sites for hydroxylation is 2. The summed E-state index contributed by atoms with van der Waals surface area (Å²) in [4.78, 5) is 8.32. The van der Waals surface area contributed by atoms with Crippen molar-refractivity contribution in [3.8, 4) is 0 Å². The summed E-state index contributed by atoms with van der Waals surface area (Å²) in [5.41, 5.74) is 2.59. The number of aromatic nitrogens is 2. The lowest BCUT2D eigenvalue weighted by Gasteiger charge is -2.05. The first-order chi connectivity index (χ1) is 8.54. The van der Waals surface area contributed by atoms with Crippen LogP contribution in [0.5, 0.6) is 0 Å². The molecule has 2 nitrogen and oxygen atoms in total. The van der Waals surface area contributed by atoms with Crippen molar-refractivity contribution in [3.05, 3.63) is 47.0 Å². The third kappa shape index (κ3) is 1.61. The Kier molecular flexibility index (Phi) is 2.26. The number of halogens is 2. The molecule has 0 fully saturated rings. The van der Waals surface area contributed by atoms with Crippen LogP contribution >= 0.6 is 0 Å². The largest absolute Gasteiger partial charge is 0.241 e. The fourth-order valence-electron chi connectivity index (χ4n) is 2.07. The highest BCUT2D eigenvalue weighted by Crippen LogP contribution is 2.22. The van der Waals surface area contributed by atoms with Crippen molar-refractivity contribution in [1.29, 1.82) is 0 Å². The number of fused-ring (bicyclic) bond motifs is 2. The molecule has 0 saturated heterocycles. The maximum atomic E-state index is 13.8. The molecule has 0 saturated carbocycles. The van der Waals surface area contributed by atoms with Gasteiger partial charge in [0.05, 0.1) is 11.0 Å². The predicted molar refractivity (Wildman–Crippen MR) is 66.4 cm³/mol. The summed E-state index contributed by atoms with van der Waals surface area (Å²) in [6, 6.07) is 6.19. The Morgan fingerprint density at radius 1 is 0.722 bits per heavy atom. The Hall–Kier alpha value is -2.10. The molecule has 3 aromatic rings. The van der Waals surface area contributed by atoms with Crippen LogP contribution in [0.2, 0.25) is 0 Å². The van der Waals surface area contributed by atoms with Gasteiger partial charge in [-0.15, -0.1) is 0 Å². The van der Waals surface area contributed by atoms with Gasteiger partial charge >= 0.3 is 0 Å².